The minimum atomic E-state index is 0.0815. The summed E-state index contributed by atoms with van der Waals surface area (Å²) in [6.45, 7) is 2.66. The van der Waals surface area contributed by atoms with Gasteiger partial charge in [0.05, 0.1) is 19.9 Å². The molecule has 2 N–H and O–H groups in total. The van der Waals surface area contributed by atoms with Crippen LogP contribution in [0, 0.1) is 0 Å². The van der Waals surface area contributed by atoms with E-state index in [0.29, 0.717) is 6.54 Å². The molecule has 1 aromatic carbocycles. The third-order valence-electron chi connectivity index (χ3n) is 2.31. The van der Waals surface area contributed by atoms with Crippen molar-refractivity contribution in [2.75, 3.05) is 7.11 Å². The molecule has 0 saturated carbocycles. The van der Waals surface area contributed by atoms with Crippen LogP contribution in [0.1, 0.15) is 6.92 Å². The minimum absolute atomic E-state index is 0.0815. The Morgan fingerprint density at radius 2 is 2.33 bits per heavy atom. The second kappa shape index (κ2) is 3.90. The van der Waals surface area contributed by atoms with E-state index in [1.54, 1.807) is 7.11 Å². The molecule has 1 atom stereocenters. The van der Waals surface area contributed by atoms with Gasteiger partial charge in [0, 0.05) is 11.4 Å². The highest BCUT2D eigenvalue weighted by Crippen LogP contribution is 2.24. The van der Waals surface area contributed by atoms with E-state index in [0.717, 1.165) is 16.7 Å². The Balaban J connectivity index is 2.55. The van der Waals surface area contributed by atoms with Crippen molar-refractivity contribution >= 4 is 10.9 Å². The molecule has 80 valence electrons. The first-order valence-electron chi connectivity index (χ1n) is 4.96. The van der Waals surface area contributed by atoms with Crippen LogP contribution in [0.2, 0.25) is 0 Å². The largest absolute Gasteiger partial charge is 0.494 e. The molecule has 4 nitrogen and oxygen atoms in total. The van der Waals surface area contributed by atoms with E-state index < -0.39 is 0 Å². The molecule has 0 spiro atoms. The predicted octanol–water partition coefficient (Wildman–Crippen LogP) is 1.39. The number of ether oxygens (including phenoxy) is 1. The third-order valence-corrected chi connectivity index (χ3v) is 2.31. The lowest BCUT2D eigenvalue weighted by Crippen LogP contribution is -2.22. The zero-order valence-corrected chi connectivity index (χ0v) is 8.97. The quantitative estimate of drug-likeness (QED) is 0.823. The van der Waals surface area contributed by atoms with Crippen LogP contribution >= 0.6 is 0 Å². The molecule has 0 saturated heterocycles. The van der Waals surface area contributed by atoms with Crippen LogP contribution < -0.4 is 10.5 Å². The standard InChI is InChI=1S/C11H15N3O/c1-8(12)7-14-11-9(6-13-14)4-3-5-10(11)15-2/h3-6,8H,7,12H2,1-2H3. The maximum atomic E-state index is 5.76. The van der Waals surface area contributed by atoms with Crippen molar-refractivity contribution < 1.29 is 4.74 Å². The fraction of sp³-hybridized carbons (Fsp3) is 0.364. The molecule has 1 unspecified atom stereocenters. The molecule has 0 aliphatic rings. The lowest BCUT2D eigenvalue weighted by molar-refractivity contribution is 0.415. The zero-order chi connectivity index (χ0) is 10.8. The summed E-state index contributed by atoms with van der Waals surface area (Å²) in [7, 11) is 1.66. The smallest absolute Gasteiger partial charge is 0.144 e. The molecule has 0 bridgehead atoms. The van der Waals surface area contributed by atoms with Gasteiger partial charge in [0.25, 0.3) is 0 Å². The summed E-state index contributed by atoms with van der Waals surface area (Å²) in [4.78, 5) is 0. The average molecular weight is 205 g/mol. The fourth-order valence-corrected chi connectivity index (χ4v) is 1.69. The van der Waals surface area contributed by atoms with Crippen LogP contribution in [0.5, 0.6) is 5.75 Å². The van der Waals surface area contributed by atoms with E-state index in [9.17, 15) is 0 Å². The van der Waals surface area contributed by atoms with Crippen molar-refractivity contribution in [1.82, 2.24) is 9.78 Å². The Hall–Kier alpha value is -1.55. The minimum Gasteiger partial charge on any atom is -0.494 e. The van der Waals surface area contributed by atoms with E-state index >= 15 is 0 Å². The number of nitrogens with two attached hydrogens (primary N) is 1. The van der Waals surface area contributed by atoms with Gasteiger partial charge in [0.1, 0.15) is 11.3 Å². The summed E-state index contributed by atoms with van der Waals surface area (Å²) in [5.41, 5.74) is 6.78. The number of benzene rings is 1. The van der Waals surface area contributed by atoms with Crippen LogP contribution in [0.25, 0.3) is 10.9 Å². The summed E-state index contributed by atoms with van der Waals surface area (Å²) < 4.78 is 7.19. The number of fused-ring (bicyclic) bond motifs is 1. The second-order valence-corrected chi connectivity index (χ2v) is 3.70. The molecule has 0 amide bonds. The number of rotatable bonds is 3. The van der Waals surface area contributed by atoms with Gasteiger partial charge in [-0.2, -0.15) is 5.10 Å². The van der Waals surface area contributed by atoms with Gasteiger partial charge in [0.15, 0.2) is 0 Å². The predicted molar refractivity (Wildman–Crippen MR) is 59.9 cm³/mol. The maximum absolute atomic E-state index is 5.76. The first-order valence-corrected chi connectivity index (χ1v) is 4.96. The molecule has 0 fully saturated rings. The molecule has 1 heterocycles. The molecular formula is C11H15N3O. The third kappa shape index (κ3) is 1.80. The van der Waals surface area contributed by atoms with Crippen molar-refractivity contribution in [3.05, 3.63) is 24.4 Å². The molecule has 15 heavy (non-hydrogen) atoms. The molecule has 0 aliphatic heterocycles. The van der Waals surface area contributed by atoms with Crippen molar-refractivity contribution in [3.63, 3.8) is 0 Å². The molecule has 2 rings (SSSR count). The van der Waals surface area contributed by atoms with Gasteiger partial charge in [-0.15, -0.1) is 0 Å². The highest BCUT2D eigenvalue weighted by Gasteiger charge is 2.08. The summed E-state index contributed by atoms with van der Waals surface area (Å²) in [5, 5.41) is 5.38. The molecule has 2 aromatic rings. The summed E-state index contributed by atoms with van der Waals surface area (Å²) in [6.07, 6.45) is 1.83. The number of methoxy groups -OCH3 is 1. The van der Waals surface area contributed by atoms with Crippen LogP contribution in [-0.4, -0.2) is 22.9 Å². The van der Waals surface area contributed by atoms with E-state index in [-0.39, 0.29) is 6.04 Å². The Labute approximate surface area is 88.6 Å². The lowest BCUT2D eigenvalue weighted by atomic mass is 10.2. The molecule has 4 heteroatoms. The first kappa shape index (κ1) is 9.98. The van der Waals surface area contributed by atoms with E-state index in [1.165, 1.54) is 0 Å². The second-order valence-electron chi connectivity index (χ2n) is 3.70. The monoisotopic (exact) mass is 205 g/mol. The summed E-state index contributed by atoms with van der Waals surface area (Å²) in [6, 6.07) is 5.99. The van der Waals surface area contributed by atoms with E-state index in [4.69, 9.17) is 10.5 Å². The fourth-order valence-electron chi connectivity index (χ4n) is 1.69. The highest BCUT2D eigenvalue weighted by molar-refractivity contribution is 5.84. The highest BCUT2D eigenvalue weighted by atomic mass is 16.5. The van der Waals surface area contributed by atoms with Crippen molar-refractivity contribution in [2.24, 2.45) is 5.73 Å². The van der Waals surface area contributed by atoms with Gasteiger partial charge in [-0.25, -0.2) is 0 Å². The van der Waals surface area contributed by atoms with Crippen LogP contribution in [0.15, 0.2) is 24.4 Å². The summed E-state index contributed by atoms with van der Waals surface area (Å²) in [5.74, 6) is 0.839. The number of aromatic nitrogens is 2. The van der Waals surface area contributed by atoms with Crippen molar-refractivity contribution in [1.29, 1.82) is 0 Å². The number of hydrogen-bond acceptors (Lipinski definition) is 3. The van der Waals surface area contributed by atoms with Crippen molar-refractivity contribution in [2.45, 2.75) is 19.5 Å². The zero-order valence-electron chi connectivity index (χ0n) is 8.97. The summed E-state index contributed by atoms with van der Waals surface area (Å²) >= 11 is 0. The van der Waals surface area contributed by atoms with Gasteiger partial charge in [0.2, 0.25) is 0 Å². The SMILES string of the molecule is COc1cccc2cnn(CC(C)N)c12. The van der Waals surface area contributed by atoms with E-state index in [2.05, 4.69) is 5.10 Å². The van der Waals surface area contributed by atoms with Gasteiger partial charge < -0.3 is 10.5 Å². The van der Waals surface area contributed by atoms with Crippen molar-refractivity contribution in [3.8, 4) is 5.75 Å². The molecular weight excluding hydrogens is 190 g/mol. The van der Waals surface area contributed by atoms with Crippen LogP contribution in [0.4, 0.5) is 0 Å². The number of hydrogen-bond donors (Lipinski definition) is 1. The Bertz CT molecular complexity index is 462. The molecule has 0 aliphatic carbocycles. The van der Waals surface area contributed by atoms with Gasteiger partial charge >= 0.3 is 0 Å². The van der Waals surface area contributed by atoms with E-state index in [1.807, 2.05) is 36.0 Å². The van der Waals surface area contributed by atoms with Crippen LogP contribution in [0.3, 0.4) is 0 Å². The topological polar surface area (TPSA) is 53.1 Å². The number of para-hydroxylation sites is 1. The normalized spacial score (nSPS) is 13.0. The van der Waals surface area contributed by atoms with Gasteiger partial charge in [-0.05, 0) is 13.0 Å². The Morgan fingerprint density at radius 1 is 1.53 bits per heavy atom. The molecule has 1 aromatic heterocycles. The first-order chi connectivity index (χ1) is 7.22. The van der Waals surface area contributed by atoms with Gasteiger partial charge in [-0.3, -0.25) is 4.68 Å². The Morgan fingerprint density at radius 3 is 3.00 bits per heavy atom. The maximum Gasteiger partial charge on any atom is 0.144 e. The number of nitrogens with zero attached hydrogens (tertiary/aromatic N) is 2. The Kier molecular flexibility index (Phi) is 2.60. The van der Waals surface area contributed by atoms with Gasteiger partial charge in [-0.1, -0.05) is 12.1 Å². The molecule has 0 radical (unpaired) electrons. The average Bonchev–Trinajstić information content (AvgIpc) is 2.61. The van der Waals surface area contributed by atoms with Crippen LogP contribution in [-0.2, 0) is 6.54 Å². The lowest BCUT2D eigenvalue weighted by Gasteiger charge is -2.09.